The molecule has 25 heavy (non-hydrogen) atoms. The maximum atomic E-state index is 5.39. The molecule has 0 aliphatic carbocycles. The molecule has 0 N–H and O–H groups in total. The van der Waals surface area contributed by atoms with Gasteiger partial charge in [-0.1, -0.05) is 30.3 Å². The molecule has 4 rings (SSSR count). The van der Waals surface area contributed by atoms with E-state index in [1.165, 1.54) is 5.56 Å². The van der Waals surface area contributed by atoms with Crippen LogP contribution in [0.15, 0.2) is 36.5 Å². The Morgan fingerprint density at radius 3 is 2.40 bits per heavy atom. The highest BCUT2D eigenvalue weighted by atomic mass is 16.5. The smallest absolute Gasteiger partial charge is 0.247 e. The first kappa shape index (κ1) is 16.2. The zero-order valence-corrected chi connectivity index (χ0v) is 14.4. The SMILES string of the molecule is c1ccc(CN2CCN(c3cnnc(N4CCOCC4)n3)CC2)cc1. The molecule has 3 heterocycles. The summed E-state index contributed by atoms with van der Waals surface area (Å²) < 4.78 is 5.39. The topological polar surface area (TPSA) is 57.6 Å². The van der Waals surface area contributed by atoms with Crippen molar-refractivity contribution in [3.63, 3.8) is 0 Å². The Morgan fingerprint density at radius 1 is 0.880 bits per heavy atom. The van der Waals surface area contributed by atoms with Gasteiger partial charge in [0.2, 0.25) is 5.95 Å². The number of hydrogen-bond donors (Lipinski definition) is 0. The molecule has 7 nitrogen and oxygen atoms in total. The molecule has 2 saturated heterocycles. The van der Waals surface area contributed by atoms with Crippen molar-refractivity contribution in [1.82, 2.24) is 20.1 Å². The zero-order chi connectivity index (χ0) is 16.9. The number of nitrogens with zero attached hydrogens (tertiary/aromatic N) is 6. The normalized spacial score (nSPS) is 19.2. The zero-order valence-electron chi connectivity index (χ0n) is 14.4. The van der Waals surface area contributed by atoms with E-state index in [1.807, 2.05) is 0 Å². The first-order valence-electron chi connectivity index (χ1n) is 8.92. The van der Waals surface area contributed by atoms with E-state index in [9.17, 15) is 0 Å². The summed E-state index contributed by atoms with van der Waals surface area (Å²) in [5.74, 6) is 1.64. The van der Waals surface area contributed by atoms with E-state index in [1.54, 1.807) is 6.20 Å². The third-order valence-corrected chi connectivity index (χ3v) is 4.77. The molecule has 132 valence electrons. The van der Waals surface area contributed by atoms with Crippen LogP contribution in [0.4, 0.5) is 11.8 Å². The van der Waals surface area contributed by atoms with Gasteiger partial charge in [0.25, 0.3) is 0 Å². The molecular formula is C18H24N6O. The van der Waals surface area contributed by atoms with E-state index in [0.29, 0.717) is 5.95 Å². The van der Waals surface area contributed by atoms with Crippen LogP contribution in [0.1, 0.15) is 5.56 Å². The highest BCUT2D eigenvalue weighted by Crippen LogP contribution is 2.17. The summed E-state index contributed by atoms with van der Waals surface area (Å²) in [7, 11) is 0. The lowest BCUT2D eigenvalue weighted by Crippen LogP contribution is -2.46. The van der Waals surface area contributed by atoms with E-state index in [2.05, 4.69) is 55.2 Å². The van der Waals surface area contributed by atoms with Crippen LogP contribution in [0.5, 0.6) is 0 Å². The Kier molecular flexibility index (Phi) is 5.03. The van der Waals surface area contributed by atoms with Crippen molar-refractivity contribution in [1.29, 1.82) is 0 Å². The number of aromatic nitrogens is 3. The fourth-order valence-electron chi connectivity index (χ4n) is 3.31. The Morgan fingerprint density at radius 2 is 1.64 bits per heavy atom. The number of rotatable bonds is 4. The minimum atomic E-state index is 0.715. The summed E-state index contributed by atoms with van der Waals surface area (Å²) in [6.45, 7) is 8.12. The predicted molar refractivity (Wildman–Crippen MR) is 96.8 cm³/mol. The second-order valence-corrected chi connectivity index (χ2v) is 6.46. The average molecular weight is 340 g/mol. The molecule has 1 aromatic heterocycles. The van der Waals surface area contributed by atoms with Crippen molar-refractivity contribution in [3.05, 3.63) is 42.1 Å². The predicted octanol–water partition coefficient (Wildman–Crippen LogP) is 1.03. The van der Waals surface area contributed by atoms with Crippen molar-refractivity contribution in [2.75, 3.05) is 62.3 Å². The van der Waals surface area contributed by atoms with E-state index in [0.717, 1.165) is 64.8 Å². The van der Waals surface area contributed by atoms with Gasteiger partial charge in [0.05, 0.1) is 19.4 Å². The molecular weight excluding hydrogens is 316 g/mol. The van der Waals surface area contributed by atoms with Gasteiger partial charge in [-0.25, -0.2) is 0 Å². The van der Waals surface area contributed by atoms with Gasteiger partial charge in [0, 0.05) is 45.8 Å². The molecule has 2 aromatic rings. The van der Waals surface area contributed by atoms with Gasteiger partial charge < -0.3 is 14.5 Å². The molecule has 1 aromatic carbocycles. The number of anilines is 2. The molecule has 0 saturated carbocycles. The number of piperazine rings is 1. The molecule has 0 spiro atoms. The first-order chi connectivity index (χ1) is 12.4. The summed E-state index contributed by atoms with van der Waals surface area (Å²) in [5, 5.41) is 8.37. The lowest BCUT2D eigenvalue weighted by Gasteiger charge is -2.35. The fraction of sp³-hybridized carbons (Fsp3) is 0.500. The molecule has 0 bridgehead atoms. The third kappa shape index (κ3) is 4.05. The maximum absolute atomic E-state index is 5.39. The Hall–Kier alpha value is -2.25. The van der Waals surface area contributed by atoms with Crippen LogP contribution in [0.2, 0.25) is 0 Å². The van der Waals surface area contributed by atoms with E-state index >= 15 is 0 Å². The molecule has 2 aliphatic rings. The molecule has 0 atom stereocenters. The van der Waals surface area contributed by atoms with Crippen LogP contribution < -0.4 is 9.80 Å². The molecule has 2 fully saturated rings. The summed E-state index contributed by atoms with van der Waals surface area (Å²) in [6, 6.07) is 10.6. The average Bonchev–Trinajstić information content (AvgIpc) is 2.70. The first-order valence-corrected chi connectivity index (χ1v) is 8.92. The highest BCUT2D eigenvalue weighted by Gasteiger charge is 2.20. The molecule has 0 amide bonds. The number of ether oxygens (including phenoxy) is 1. The number of morpholine rings is 1. The van der Waals surface area contributed by atoms with Crippen LogP contribution in [0.25, 0.3) is 0 Å². The van der Waals surface area contributed by atoms with E-state index < -0.39 is 0 Å². The van der Waals surface area contributed by atoms with Gasteiger partial charge in [-0.15, -0.1) is 5.10 Å². The summed E-state index contributed by atoms with van der Waals surface area (Å²) in [5.41, 5.74) is 1.37. The van der Waals surface area contributed by atoms with Crippen LogP contribution >= 0.6 is 0 Å². The van der Waals surface area contributed by atoms with Crippen molar-refractivity contribution in [2.24, 2.45) is 0 Å². The van der Waals surface area contributed by atoms with Crippen molar-refractivity contribution < 1.29 is 4.74 Å². The lowest BCUT2D eigenvalue weighted by atomic mass is 10.2. The summed E-state index contributed by atoms with van der Waals surface area (Å²) >= 11 is 0. The van der Waals surface area contributed by atoms with Gasteiger partial charge >= 0.3 is 0 Å². The Labute approximate surface area is 148 Å². The quantitative estimate of drug-likeness (QED) is 0.824. The molecule has 0 unspecified atom stereocenters. The molecule has 7 heteroatoms. The second kappa shape index (κ2) is 7.76. The summed E-state index contributed by atoms with van der Waals surface area (Å²) in [6.07, 6.45) is 1.77. The van der Waals surface area contributed by atoms with Crippen molar-refractivity contribution in [3.8, 4) is 0 Å². The Bertz CT molecular complexity index is 668. The Balaban J connectivity index is 1.36. The third-order valence-electron chi connectivity index (χ3n) is 4.77. The highest BCUT2D eigenvalue weighted by molar-refractivity contribution is 5.42. The van der Waals surface area contributed by atoms with Crippen LogP contribution in [0, 0.1) is 0 Å². The standard InChI is InChI=1S/C18H24N6O/c1-2-4-16(5-3-1)15-22-6-8-23(9-7-22)17-14-19-21-18(20-17)24-10-12-25-13-11-24/h1-5,14H,6-13,15H2. The maximum Gasteiger partial charge on any atom is 0.247 e. The van der Waals surface area contributed by atoms with Gasteiger partial charge in [-0.3, -0.25) is 4.90 Å². The van der Waals surface area contributed by atoms with Gasteiger partial charge in [0.1, 0.15) is 0 Å². The van der Waals surface area contributed by atoms with Crippen molar-refractivity contribution in [2.45, 2.75) is 6.54 Å². The minimum Gasteiger partial charge on any atom is -0.378 e. The van der Waals surface area contributed by atoms with Gasteiger partial charge in [-0.05, 0) is 5.56 Å². The largest absolute Gasteiger partial charge is 0.378 e. The van der Waals surface area contributed by atoms with E-state index in [-0.39, 0.29) is 0 Å². The number of benzene rings is 1. The summed E-state index contributed by atoms with van der Waals surface area (Å²) in [4.78, 5) is 11.7. The minimum absolute atomic E-state index is 0.715. The van der Waals surface area contributed by atoms with E-state index in [4.69, 9.17) is 9.72 Å². The monoisotopic (exact) mass is 340 g/mol. The molecule has 0 radical (unpaired) electrons. The van der Waals surface area contributed by atoms with Crippen LogP contribution in [-0.2, 0) is 11.3 Å². The van der Waals surface area contributed by atoms with Crippen LogP contribution in [-0.4, -0.2) is 72.6 Å². The van der Waals surface area contributed by atoms with Crippen LogP contribution in [0.3, 0.4) is 0 Å². The fourth-order valence-corrected chi connectivity index (χ4v) is 3.31. The van der Waals surface area contributed by atoms with Gasteiger partial charge in [-0.2, -0.15) is 10.1 Å². The lowest BCUT2D eigenvalue weighted by molar-refractivity contribution is 0.122. The second-order valence-electron chi connectivity index (χ2n) is 6.46. The van der Waals surface area contributed by atoms with Crippen molar-refractivity contribution >= 4 is 11.8 Å². The van der Waals surface area contributed by atoms with Gasteiger partial charge in [0.15, 0.2) is 5.82 Å². The molecule has 2 aliphatic heterocycles. The number of hydrogen-bond acceptors (Lipinski definition) is 7.